The lowest BCUT2D eigenvalue weighted by atomic mass is 10.0. The van der Waals surface area contributed by atoms with Gasteiger partial charge in [-0.2, -0.15) is 0 Å². The monoisotopic (exact) mass is 214 g/mol. The van der Waals surface area contributed by atoms with E-state index in [4.69, 9.17) is 5.73 Å². The van der Waals surface area contributed by atoms with Crippen LogP contribution < -0.4 is 5.73 Å². The Kier molecular flexibility index (Phi) is 2.82. The molecule has 0 saturated heterocycles. The van der Waals surface area contributed by atoms with Crippen LogP contribution in [0.4, 0.5) is 5.82 Å². The van der Waals surface area contributed by atoms with Gasteiger partial charge in [0.1, 0.15) is 5.82 Å². The van der Waals surface area contributed by atoms with Crippen LogP contribution in [-0.2, 0) is 6.42 Å². The highest BCUT2D eigenvalue weighted by molar-refractivity contribution is 5.82. The second kappa shape index (κ2) is 4.12. The molecule has 1 aromatic carbocycles. The number of rotatable bonds is 2. The van der Waals surface area contributed by atoms with Crippen LogP contribution >= 0.6 is 0 Å². The molecule has 0 fully saturated rings. The van der Waals surface area contributed by atoms with Crippen molar-refractivity contribution in [3.05, 3.63) is 35.4 Å². The van der Waals surface area contributed by atoms with E-state index in [1.165, 1.54) is 10.9 Å². The van der Waals surface area contributed by atoms with Gasteiger partial charge < -0.3 is 5.73 Å². The quantitative estimate of drug-likeness (QED) is 0.831. The van der Waals surface area contributed by atoms with E-state index in [2.05, 4.69) is 50.0 Å². The highest BCUT2D eigenvalue weighted by atomic mass is 14.8. The summed E-state index contributed by atoms with van der Waals surface area (Å²) in [5.41, 5.74) is 9.41. The van der Waals surface area contributed by atoms with Crippen molar-refractivity contribution in [2.24, 2.45) is 0 Å². The molecule has 2 heteroatoms. The molecule has 0 atom stereocenters. The lowest BCUT2D eigenvalue weighted by Gasteiger charge is -2.10. The van der Waals surface area contributed by atoms with E-state index in [-0.39, 0.29) is 0 Å². The molecule has 2 N–H and O–H groups in total. The maximum atomic E-state index is 5.97. The topological polar surface area (TPSA) is 38.9 Å². The van der Waals surface area contributed by atoms with Gasteiger partial charge >= 0.3 is 0 Å². The zero-order chi connectivity index (χ0) is 11.7. The minimum atomic E-state index is 0.419. The number of pyridine rings is 1. The zero-order valence-electron chi connectivity index (χ0n) is 10.1. The molecule has 0 amide bonds. The van der Waals surface area contributed by atoms with Crippen LogP contribution in [0.25, 0.3) is 10.9 Å². The van der Waals surface area contributed by atoms with E-state index in [0.717, 1.165) is 17.5 Å². The molecule has 0 radical (unpaired) electrons. The second-order valence-electron chi connectivity index (χ2n) is 4.50. The summed E-state index contributed by atoms with van der Waals surface area (Å²) in [5, 5.41) is 1.18. The van der Waals surface area contributed by atoms with Crippen LogP contribution in [0.3, 0.4) is 0 Å². The maximum Gasteiger partial charge on any atom is 0.127 e. The fraction of sp³-hybridized carbons (Fsp3) is 0.357. The predicted octanol–water partition coefficient (Wildman–Crippen LogP) is 3.50. The van der Waals surface area contributed by atoms with Gasteiger partial charge in [0, 0.05) is 5.39 Å². The molecule has 0 bridgehead atoms. The second-order valence-corrected chi connectivity index (χ2v) is 4.50. The number of anilines is 1. The first-order chi connectivity index (χ1) is 7.61. The van der Waals surface area contributed by atoms with Crippen LogP contribution in [0, 0.1) is 0 Å². The van der Waals surface area contributed by atoms with Gasteiger partial charge in [0.25, 0.3) is 0 Å². The molecule has 1 aromatic heterocycles. The Morgan fingerprint density at radius 3 is 2.62 bits per heavy atom. The SMILES string of the molecule is CCc1ccc2cc(C(C)C)c(N)nc2c1. The number of nitrogens with two attached hydrogens (primary N) is 1. The van der Waals surface area contributed by atoms with Gasteiger partial charge in [-0.25, -0.2) is 4.98 Å². The van der Waals surface area contributed by atoms with Crippen molar-refractivity contribution in [2.75, 3.05) is 5.73 Å². The van der Waals surface area contributed by atoms with Gasteiger partial charge in [-0.3, -0.25) is 0 Å². The van der Waals surface area contributed by atoms with Crippen molar-refractivity contribution in [3.63, 3.8) is 0 Å². The lowest BCUT2D eigenvalue weighted by Crippen LogP contribution is -2.00. The largest absolute Gasteiger partial charge is 0.383 e. The molecular formula is C14H18N2. The molecule has 0 aliphatic heterocycles. The standard InChI is InChI=1S/C14H18N2/c1-4-10-5-6-11-8-12(9(2)3)14(15)16-13(11)7-10/h5-9H,4H2,1-3H3,(H2,15,16). The third-order valence-corrected chi connectivity index (χ3v) is 2.97. The first-order valence-corrected chi connectivity index (χ1v) is 5.81. The molecule has 2 rings (SSSR count). The van der Waals surface area contributed by atoms with Crippen LogP contribution in [0.1, 0.15) is 37.8 Å². The molecule has 0 aliphatic rings. The molecule has 2 nitrogen and oxygen atoms in total. The number of fused-ring (bicyclic) bond motifs is 1. The van der Waals surface area contributed by atoms with Gasteiger partial charge in [-0.1, -0.05) is 32.9 Å². The van der Waals surface area contributed by atoms with Crippen molar-refractivity contribution >= 4 is 16.7 Å². The van der Waals surface area contributed by atoms with E-state index in [0.29, 0.717) is 11.7 Å². The normalized spacial score (nSPS) is 11.2. The average molecular weight is 214 g/mol. The van der Waals surface area contributed by atoms with E-state index < -0.39 is 0 Å². The minimum absolute atomic E-state index is 0.419. The van der Waals surface area contributed by atoms with E-state index >= 15 is 0 Å². The van der Waals surface area contributed by atoms with Crippen molar-refractivity contribution in [1.82, 2.24) is 4.98 Å². The van der Waals surface area contributed by atoms with Crippen molar-refractivity contribution in [2.45, 2.75) is 33.1 Å². The summed E-state index contributed by atoms with van der Waals surface area (Å²) in [6, 6.07) is 8.56. The Balaban J connectivity index is 2.64. The summed E-state index contributed by atoms with van der Waals surface area (Å²) in [4.78, 5) is 4.48. The van der Waals surface area contributed by atoms with Crippen molar-refractivity contribution in [3.8, 4) is 0 Å². The molecule has 0 saturated carbocycles. The fourth-order valence-electron chi connectivity index (χ4n) is 1.93. The van der Waals surface area contributed by atoms with Crippen LogP contribution in [0.2, 0.25) is 0 Å². The zero-order valence-corrected chi connectivity index (χ0v) is 10.1. The smallest absolute Gasteiger partial charge is 0.127 e. The third-order valence-electron chi connectivity index (χ3n) is 2.97. The minimum Gasteiger partial charge on any atom is -0.383 e. The Morgan fingerprint density at radius 1 is 1.25 bits per heavy atom. The summed E-state index contributed by atoms with van der Waals surface area (Å²) in [6.45, 7) is 6.42. The molecule has 2 aromatic rings. The van der Waals surface area contributed by atoms with Gasteiger partial charge in [0.05, 0.1) is 5.52 Å². The van der Waals surface area contributed by atoms with Gasteiger partial charge in [0.15, 0.2) is 0 Å². The first kappa shape index (κ1) is 10.9. The third kappa shape index (κ3) is 1.87. The molecular weight excluding hydrogens is 196 g/mol. The summed E-state index contributed by atoms with van der Waals surface area (Å²) < 4.78 is 0. The Morgan fingerprint density at radius 2 is 2.00 bits per heavy atom. The number of nitrogens with zero attached hydrogens (tertiary/aromatic N) is 1. The maximum absolute atomic E-state index is 5.97. The van der Waals surface area contributed by atoms with Crippen molar-refractivity contribution < 1.29 is 0 Å². The van der Waals surface area contributed by atoms with E-state index in [1.54, 1.807) is 0 Å². The Bertz CT molecular complexity index is 515. The summed E-state index contributed by atoms with van der Waals surface area (Å²) >= 11 is 0. The molecule has 84 valence electrons. The number of hydrogen-bond acceptors (Lipinski definition) is 2. The van der Waals surface area contributed by atoms with Crippen molar-refractivity contribution in [1.29, 1.82) is 0 Å². The Labute approximate surface area is 96.5 Å². The predicted molar refractivity (Wildman–Crippen MR) is 69.6 cm³/mol. The van der Waals surface area contributed by atoms with Gasteiger partial charge in [0.2, 0.25) is 0 Å². The highest BCUT2D eigenvalue weighted by Gasteiger charge is 2.07. The summed E-state index contributed by atoms with van der Waals surface area (Å²) in [7, 11) is 0. The number of aromatic nitrogens is 1. The van der Waals surface area contributed by atoms with E-state index in [1.807, 2.05) is 0 Å². The lowest BCUT2D eigenvalue weighted by molar-refractivity contribution is 0.866. The molecule has 1 heterocycles. The fourth-order valence-corrected chi connectivity index (χ4v) is 1.93. The average Bonchev–Trinajstić information content (AvgIpc) is 2.27. The van der Waals surface area contributed by atoms with Crippen LogP contribution in [0.5, 0.6) is 0 Å². The van der Waals surface area contributed by atoms with E-state index in [9.17, 15) is 0 Å². The summed E-state index contributed by atoms with van der Waals surface area (Å²) in [6.07, 6.45) is 1.03. The molecule has 16 heavy (non-hydrogen) atoms. The number of aryl methyl sites for hydroxylation is 1. The van der Waals surface area contributed by atoms with Crippen LogP contribution in [0.15, 0.2) is 24.3 Å². The molecule has 0 spiro atoms. The summed E-state index contributed by atoms with van der Waals surface area (Å²) in [5.74, 6) is 1.08. The number of benzene rings is 1. The Hall–Kier alpha value is -1.57. The van der Waals surface area contributed by atoms with Gasteiger partial charge in [-0.05, 0) is 35.6 Å². The molecule has 0 aliphatic carbocycles. The first-order valence-electron chi connectivity index (χ1n) is 5.81. The number of hydrogen-bond donors (Lipinski definition) is 1. The highest BCUT2D eigenvalue weighted by Crippen LogP contribution is 2.25. The number of nitrogen functional groups attached to an aromatic ring is 1. The molecule has 0 unspecified atom stereocenters. The van der Waals surface area contributed by atoms with Gasteiger partial charge in [-0.15, -0.1) is 0 Å². The van der Waals surface area contributed by atoms with Crippen LogP contribution in [-0.4, -0.2) is 4.98 Å².